The molecule has 1 aliphatic carbocycles. The van der Waals surface area contributed by atoms with Gasteiger partial charge >= 0.3 is 0 Å². The van der Waals surface area contributed by atoms with Crippen molar-refractivity contribution < 1.29 is 14.6 Å². The number of nitrogens with zero attached hydrogens (tertiary/aromatic N) is 3. The van der Waals surface area contributed by atoms with Gasteiger partial charge in [-0.15, -0.1) is 10.2 Å². The van der Waals surface area contributed by atoms with Crippen LogP contribution in [0.4, 0.5) is 0 Å². The number of hydrogen-bond acceptors (Lipinski definition) is 5. The summed E-state index contributed by atoms with van der Waals surface area (Å²) in [6.07, 6.45) is 1.57. The number of carbonyl (C=O) groups is 1. The van der Waals surface area contributed by atoms with Gasteiger partial charge in [-0.05, 0) is 31.4 Å². The van der Waals surface area contributed by atoms with Gasteiger partial charge in [0.1, 0.15) is 12.4 Å². The summed E-state index contributed by atoms with van der Waals surface area (Å²) in [4.78, 5) is 12.4. The Balaban J connectivity index is 1.62. The second-order valence-electron chi connectivity index (χ2n) is 6.55. The predicted octanol–water partition coefficient (Wildman–Crippen LogP) is 2.05. The molecule has 1 fully saturated rings. The van der Waals surface area contributed by atoms with Crippen LogP contribution in [0, 0.1) is 6.92 Å². The third-order valence-electron chi connectivity index (χ3n) is 4.79. The third-order valence-corrected chi connectivity index (χ3v) is 5.29. The number of methoxy groups -OCH3 is 1. The molecule has 1 heterocycles. The number of halogens is 1. The molecule has 2 aromatic rings. The summed E-state index contributed by atoms with van der Waals surface area (Å²) >= 11 is 6.23. The number of carbonyl (C=O) groups excluding carboxylic acids is 1. The van der Waals surface area contributed by atoms with Crippen molar-refractivity contribution in [2.24, 2.45) is 0 Å². The summed E-state index contributed by atoms with van der Waals surface area (Å²) in [7, 11) is 1.63. The third kappa shape index (κ3) is 3.75. The first-order valence-corrected chi connectivity index (χ1v) is 9.00. The summed E-state index contributed by atoms with van der Waals surface area (Å²) in [5.41, 5.74) is 1.38. The van der Waals surface area contributed by atoms with Gasteiger partial charge in [0.05, 0.1) is 17.2 Å². The van der Waals surface area contributed by atoms with Crippen molar-refractivity contribution in [2.75, 3.05) is 13.7 Å². The first kappa shape index (κ1) is 18.8. The summed E-state index contributed by atoms with van der Waals surface area (Å²) in [6.45, 7) is 2.84. The van der Waals surface area contributed by atoms with E-state index in [0.29, 0.717) is 29.6 Å². The fraction of sp³-hybridized carbons (Fsp3) is 0.500. The molecule has 0 radical (unpaired) electrons. The molecule has 26 heavy (non-hydrogen) atoms. The summed E-state index contributed by atoms with van der Waals surface area (Å²) in [5, 5.41) is 21.2. The number of ether oxygens (including phenoxy) is 1. The maximum atomic E-state index is 12.4. The Morgan fingerprint density at radius 1 is 1.42 bits per heavy atom. The van der Waals surface area contributed by atoms with E-state index in [-0.39, 0.29) is 24.5 Å². The summed E-state index contributed by atoms with van der Waals surface area (Å²) in [5.74, 6) is 1.43. The number of rotatable bonds is 7. The molecule has 140 valence electrons. The number of aliphatic hydroxyl groups excluding tert-OH is 1. The molecule has 1 aromatic carbocycles. The van der Waals surface area contributed by atoms with Gasteiger partial charge < -0.3 is 19.7 Å². The zero-order valence-corrected chi connectivity index (χ0v) is 15.7. The van der Waals surface area contributed by atoms with Crippen molar-refractivity contribution in [3.63, 3.8) is 0 Å². The minimum atomic E-state index is -0.157. The largest absolute Gasteiger partial charge is 0.388 e. The Bertz CT molecular complexity index is 787. The highest BCUT2D eigenvalue weighted by molar-refractivity contribution is 6.34. The van der Waals surface area contributed by atoms with E-state index in [1.807, 2.05) is 23.6 Å². The molecule has 0 saturated heterocycles. The maximum absolute atomic E-state index is 12.4. The predicted molar refractivity (Wildman–Crippen MR) is 97.2 cm³/mol. The Kier molecular flexibility index (Phi) is 5.90. The van der Waals surface area contributed by atoms with Gasteiger partial charge in [0, 0.05) is 25.6 Å². The fourth-order valence-electron chi connectivity index (χ4n) is 3.23. The van der Waals surface area contributed by atoms with Crippen molar-refractivity contribution in [1.82, 2.24) is 20.1 Å². The normalized spacial score (nSPS) is 19.2. The van der Waals surface area contributed by atoms with E-state index in [4.69, 9.17) is 16.3 Å². The van der Waals surface area contributed by atoms with Gasteiger partial charge in [-0.3, -0.25) is 4.79 Å². The molecule has 0 atom stereocenters. The van der Waals surface area contributed by atoms with Crippen molar-refractivity contribution in [2.45, 2.75) is 44.9 Å². The molecule has 1 amide bonds. The lowest BCUT2D eigenvalue weighted by Crippen LogP contribution is -2.44. The molecule has 1 aromatic heterocycles. The number of amides is 1. The number of aryl methyl sites for hydroxylation is 1. The molecular weight excluding hydrogens is 356 g/mol. The highest BCUT2D eigenvalue weighted by Crippen LogP contribution is 2.36. The van der Waals surface area contributed by atoms with Crippen LogP contribution in [0.1, 0.15) is 46.3 Å². The fourth-order valence-corrected chi connectivity index (χ4v) is 3.44. The monoisotopic (exact) mass is 378 g/mol. The van der Waals surface area contributed by atoms with Crippen LogP contribution in [-0.4, -0.2) is 45.5 Å². The molecule has 0 unspecified atom stereocenters. The van der Waals surface area contributed by atoms with E-state index >= 15 is 0 Å². The topological polar surface area (TPSA) is 89.3 Å². The van der Waals surface area contributed by atoms with Gasteiger partial charge in [0.2, 0.25) is 0 Å². The van der Waals surface area contributed by atoms with Crippen molar-refractivity contribution in [3.8, 4) is 0 Å². The van der Waals surface area contributed by atoms with Crippen LogP contribution in [-0.2, 0) is 17.9 Å². The van der Waals surface area contributed by atoms with E-state index in [9.17, 15) is 9.90 Å². The number of hydrogen-bond donors (Lipinski definition) is 2. The SMILES string of the molecule is COCCn1c(CO)nnc1C1CC(NC(=O)c2cccc(C)c2Cl)C1. The highest BCUT2D eigenvalue weighted by Gasteiger charge is 2.35. The Morgan fingerprint density at radius 2 is 2.19 bits per heavy atom. The standard InChI is InChI=1S/C18H23ClN4O3/c1-11-4-3-5-14(16(11)19)18(25)20-13-8-12(9-13)17-22-21-15(10-24)23(17)6-7-26-2/h3-5,12-13,24H,6-10H2,1-2H3,(H,20,25). The summed E-state index contributed by atoms with van der Waals surface area (Å²) in [6, 6.07) is 5.52. The lowest BCUT2D eigenvalue weighted by Gasteiger charge is -2.35. The molecule has 0 bridgehead atoms. The molecule has 1 aliphatic rings. The maximum Gasteiger partial charge on any atom is 0.253 e. The van der Waals surface area contributed by atoms with Crippen LogP contribution in [0.3, 0.4) is 0 Å². The number of aromatic nitrogens is 3. The number of nitrogens with one attached hydrogen (secondary N) is 1. The Hall–Kier alpha value is -1.96. The van der Waals surface area contributed by atoms with Crippen molar-refractivity contribution in [1.29, 1.82) is 0 Å². The zero-order chi connectivity index (χ0) is 18.7. The first-order valence-electron chi connectivity index (χ1n) is 8.62. The van der Waals surface area contributed by atoms with Crippen LogP contribution in [0.2, 0.25) is 5.02 Å². The van der Waals surface area contributed by atoms with E-state index in [1.165, 1.54) is 0 Å². The number of benzene rings is 1. The molecule has 1 saturated carbocycles. The molecule has 7 nitrogen and oxygen atoms in total. The highest BCUT2D eigenvalue weighted by atomic mass is 35.5. The van der Waals surface area contributed by atoms with Crippen molar-refractivity contribution in [3.05, 3.63) is 46.0 Å². The van der Waals surface area contributed by atoms with Gasteiger partial charge in [-0.1, -0.05) is 23.7 Å². The second-order valence-corrected chi connectivity index (χ2v) is 6.93. The van der Waals surface area contributed by atoms with Gasteiger partial charge in [-0.25, -0.2) is 0 Å². The van der Waals surface area contributed by atoms with E-state index in [2.05, 4.69) is 15.5 Å². The minimum absolute atomic E-state index is 0.0780. The zero-order valence-electron chi connectivity index (χ0n) is 14.9. The van der Waals surface area contributed by atoms with E-state index in [0.717, 1.165) is 24.2 Å². The van der Waals surface area contributed by atoms with Crippen LogP contribution in [0.5, 0.6) is 0 Å². The van der Waals surface area contributed by atoms with Gasteiger partial charge in [0.25, 0.3) is 5.91 Å². The van der Waals surface area contributed by atoms with Crippen molar-refractivity contribution >= 4 is 17.5 Å². The smallest absolute Gasteiger partial charge is 0.253 e. The molecular formula is C18H23ClN4O3. The Morgan fingerprint density at radius 3 is 2.88 bits per heavy atom. The van der Waals surface area contributed by atoms with Crippen LogP contribution >= 0.6 is 11.6 Å². The summed E-state index contributed by atoms with van der Waals surface area (Å²) < 4.78 is 7.02. The molecule has 0 spiro atoms. The quantitative estimate of drug-likeness (QED) is 0.769. The van der Waals surface area contributed by atoms with E-state index < -0.39 is 0 Å². The van der Waals surface area contributed by atoms with Crippen LogP contribution in [0.15, 0.2) is 18.2 Å². The molecule has 2 N–H and O–H groups in total. The van der Waals surface area contributed by atoms with E-state index in [1.54, 1.807) is 13.2 Å². The van der Waals surface area contributed by atoms with Crippen LogP contribution < -0.4 is 5.32 Å². The van der Waals surface area contributed by atoms with Gasteiger partial charge in [-0.2, -0.15) is 0 Å². The average Bonchev–Trinajstić information content (AvgIpc) is 3.00. The lowest BCUT2D eigenvalue weighted by atomic mass is 9.79. The number of aliphatic hydroxyl groups is 1. The average molecular weight is 379 g/mol. The molecule has 0 aliphatic heterocycles. The molecule has 8 heteroatoms. The lowest BCUT2D eigenvalue weighted by molar-refractivity contribution is 0.0906. The molecule has 3 rings (SSSR count). The first-order chi connectivity index (χ1) is 12.5. The van der Waals surface area contributed by atoms with Crippen LogP contribution in [0.25, 0.3) is 0 Å². The minimum Gasteiger partial charge on any atom is -0.388 e. The second kappa shape index (κ2) is 8.16. The Labute approximate surface area is 157 Å². The van der Waals surface area contributed by atoms with Gasteiger partial charge in [0.15, 0.2) is 5.82 Å².